The van der Waals surface area contributed by atoms with Crippen LogP contribution in [0, 0.1) is 23.0 Å². The van der Waals surface area contributed by atoms with Crippen molar-refractivity contribution in [3.63, 3.8) is 0 Å². The number of carboxylic acids is 1. The predicted molar refractivity (Wildman–Crippen MR) is 119 cm³/mol. The summed E-state index contributed by atoms with van der Waals surface area (Å²) < 4.78 is 0. The Morgan fingerprint density at radius 1 is 1.12 bits per heavy atom. The van der Waals surface area contributed by atoms with Gasteiger partial charge in [-0.1, -0.05) is 43.7 Å². The lowest BCUT2D eigenvalue weighted by Gasteiger charge is -2.18. The van der Waals surface area contributed by atoms with Gasteiger partial charge in [0.15, 0.2) is 0 Å². The predicted octanol–water partition coefficient (Wildman–Crippen LogP) is 3.29. The van der Waals surface area contributed by atoms with E-state index >= 15 is 0 Å². The van der Waals surface area contributed by atoms with E-state index in [9.17, 15) is 29.6 Å². The quantitative estimate of drug-likeness (QED) is 0.311. The molecular weight excluding hydrogens is 414 g/mol. The van der Waals surface area contributed by atoms with E-state index in [1.54, 1.807) is 24.3 Å². The van der Waals surface area contributed by atoms with Gasteiger partial charge in [0.25, 0.3) is 17.5 Å². The summed E-state index contributed by atoms with van der Waals surface area (Å²) >= 11 is 0. The molecule has 3 N–H and O–H groups in total. The Bertz CT molecular complexity index is 1040. The second kappa shape index (κ2) is 10.9. The van der Waals surface area contributed by atoms with E-state index in [0.29, 0.717) is 11.1 Å². The molecule has 0 spiro atoms. The molecule has 1 unspecified atom stereocenters. The van der Waals surface area contributed by atoms with Crippen LogP contribution in [-0.2, 0) is 9.59 Å². The minimum absolute atomic E-state index is 0.00255. The average molecular weight is 439 g/mol. The van der Waals surface area contributed by atoms with Crippen molar-refractivity contribution in [1.29, 1.82) is 0 Å². The molecule has 9 nitrogen and oxygen atoms in total. The van der Waals surface area contributed by atoms with E-state index in [1.807, 2.05) is 20.8 Å². The number of benzene rings is 2. The lowest BCUT2D eigenvalue weighted by atomic mass is 10.0. The lowest BCUT2D eigenvalue weighted by Crippen LogP contribution is -2.45. The minimum atomic E-state index is -1.20. The summed E-state index contributed by atoms with van der Waals surface area (Å²) in [4.78, 5) is 47.6. The van der Waals surface area contributed by atoms with Crippen molar-refractivity contribution >= 4 is 29.5 Å². The monoisotopic (exact) mass is 439 g/mol. The zero-order valence-corrected chi connectivity index (χ0v) is 18.0. The number of hydrogen-bond acceptors (Lipinski definition) is 5. The van der Waals surface area contributed by atoms with Gasteiger partial charge in [0.1, 0.15) is 11.7 Å². The van der Waals surface area contributed by atoms with Gasteiger partial charge in [0.2, 0.25) is 0 Å². The van der Waals surface area contributed by atoms with E-state index in [2.05, 4.69) is 10.6 Å². The maximum absolute atomic E-state index is 12.9. The van der Waals surface area contributed by atoms with Crippen LogP contribution >= 0.6 is 0 Å². The third kappa shape index (κ3) is 7.05. The van der Waals surface area contributed by atoms with Gasteiger partial charge in [0.05, 0.1) is 4.92 Å². The molecule has 0 bridgehead atoms. The van der Waals surface area contributed by atoms with Gasteiger partial charge in [-0.15, -0.1) is 0 Å². The van der Waals surface area contributed by atoms with Crippen LogP contribution in [0.15, 0.2) is 54.2 Å². The maximum atomic E-state index is 12.9. The number of rotatable bonds is 9. The second-order valence-electron chi connectivity index (χ2n) is 7.72. The Labute approximate surface area is 185 Å². The van der Waals surface area contributed by atoms with E-state index in [1.165, 1.54) is 30.3 Å². The summed E-state index contributed by atoms with van der Waals surface area (Å²) in [6.45, 7) is 5.51. The van der Waals surface area contributed by atoms with Crippen LogP contribution in [0.1, 0.15) is 41.8 Å². The van der Waals surface area contributed by atoms with Gasteiger partial charge in [-0.25, -0.2) is 4.79 Å². The molecule has 168 valence electrons. The van der Waals surface area contributed by atoms with Crippen molar-refractivity contribution in [2.45, 2.75) is 33.2 Å². The molecule has 2 amide bonds. The summed E-state index contributed by atoms with van der Waals surface area (Å²) in [5.74, 6) is -2.59. The first-order valence-corrected chi connectivity index (χ1v) is 9.94. The first-order chi connectivity index (χ1) is 15.1. The number of amides is 2. The van der Waals surface area contributed by atoms with Gasteiger partial charge in [-0.05, 0) is 43.0 Å². The van der Waals surface area contributed by atoms with Crippen molar-refractivity contribution in [2.24, 2.45) is 5.92 Å². The molecular formula is C23H25N3O6. The summed E-state index contributed by atoms with van der Waals surface area (Å²) in [7, 11) is 0. The Kier molecular flexibility index (Phi) is 8.23. The molecule has 0 heterocycles. The topological polar surface area (TPSA) is 139 Å². The first kappa shape index (κ1) is 24.3. The first-order valence-electron chi connectivity index (χ1n) is 9.94. The van der Waals surface area contributed by atoms with E-state index in [4.69, 9.17) is 0 Å². The Balaban J connectivity index is 2.39. The van der Waals surface area contributed by atoms with Gasteiger partial charge >= 0.3 is 5.97 Å². The fourth-order valence-electron chi connectivity index (χ4n) is 2.88. The van der Waals surface area contributed by atoms with Crippen LogP contribution in [0.4, 0.5) is 5.69 Å². The van der Waals surface area contributed by atoms with Crippen LogP contribution < -0.4 is 10.6 Å². The molecule has 0 radical (unpaired) electrons. The molecule has 0 aromatic heterocycles. The van der Waals surface area contributed by atoms with Crippen molar-refractivity contribution in [3.8, 4) is 0 Å². The highest BCUT2D eigenvalue weighted by Crippen LogP contribution is 2.16. The van der Waals surface area contributed by atoms with E-state index < -0.39 is 28.7 Å². The fourth-order valence-corrected chi connectivity index (χ4v) is 2.88. The summed E-state index contributed by atoms with van der Waals surface area (Å²) in [5, 5.41) is 25.4. The largest absolute Gasteiger partial charge is 0.480 e. The highest BCUT2D eigenvalue weighted by Gasteiger charge is 2.24. The van der Waals surface area contributed by atoms with Crippen molar-refractivity contribution in [2.75, 3.05) is 0 Å². The SMILES string of the molecule is Cc1ccc(C(=O)N/C(=C/c2cccc([N+](=O)[O-])c2)C(=O)NC(CC(C)C)C(=O)O)cc1. The zero-order chi connectivity index (χ0) is 23.8. The summed E-state index contributed by atoms with van der Waals surface area (Å²) in [5.41, 5.74) is 1.12. The van der Waals surface area contributed by atoms with Crippen LogP contribution in [0.25, 0.3) is 6.08 Å². The number of hydrogen-bond donors (Lipinski definition) is 3. The number of carbonyl (C=O) groups is 3. The molecule has 9 heteroatoms. The number of non-ortho nitro benzene ring substituents is 1. The molecule has 2 aromatic rings. The number of nitro benzene ring substituents is 1. The number of aliphatic carboxylic acids is 1. The van der Waals surface area contributed by atoms with Crippen molar-refractivity contribution in [3.05, 3.63) is 81.0 Å². The second-order valence-corrected chi connectivity index (χ2v) is 7.72. The van der Waals surface area contributed by atoms with Gasteiger partial charge in [-0.2, -0.15) is 0 Å². The minimum Gasteiger partial charge on any atom is -0.480 e. The molecule has 0 aliphatic carbocycles. The van der Waals surface area contributed by atoms with Crippen molar-refractivity contribution < 1.29 is 24.4 Å². The zero-order valence-electron chi connectivity index (χ0n) is 18.0. The Morgan fingerprint density at radius 2 is 1.78 bits per heavy atom. The molecule has 1 atom stereocenters. The van der Waals surface area contributed by atoms with Crippen LogP contribution in [-0.4, -0.2) is 33.9 Å². The third-order valence-electron chi connectivity index (χ3n) is 4.51. The summed E-state index contributed by atoms with van der Waals surface area (Å²) in [6, 6.07) is 11.0. The Morgan fingerprint density at radius 3 is 2.34 bits per heavy atom. The molecule has 32 heavy (non-hydrogen) atoms. The van der Waals surface area contributed by atoms with Crippen molar-refractivity contribution in [1.82, 2.24) is 10.6 Å². The van der Waals surface area contributed by atoms with Crippen LogP contribution in [0.3, 0.4) is 0 Å². The molecule has 2 aromatic carbocycles. The molecule has 0 saturated carbocycles. The number of aryl methyl sites for hydroxylation is 1. The number of nitrogens with zero attached hydrogens (tertiary/aromatic N) is 1. The highest BCUT2D eigenvalue weighted by atomic mass is 16.6. The number of carbonyl (C=O) groups excluding carboxylic acids is 2. The molecule has 0 fully saturated rings. The number of nitro groups is 1. The van der Waals surface area contributed by atoms with Gasteiger partial charge in [0, 0.05) is 17.7 Å². The molecule has 2 rings (SSSR count). The molecule has 0 aliphatic heterocycles. The van der Waals surface area contributed by atoms with Crippen LogP contribution in [0.5, 0.6) is 0 Å². The molecule has 0 aliphatic rings. The van der Waals surface area contributed by atoms with Gasteiger partial charge in [-0.3, -0.25) is 19.7 Å². The fraction of sp³-hybridized carbons (Fsp3) is 0.261. The van der Waals surface area contributed by atoms with E-state index in [0.717, 1.165) is 5.56 Å². The highest BCUT2D eigenvalue weighted by molar-refractivity contribution is 6.06. The number of carboxylic acid groups (broad SMARTS) is 1. The normalized spacial score (nSPS) is 12.2. The average Bonchev–Trinajstić information content (AvgIpc) is 2.72. The standard InChI is InChI=1S/C23H25N3O6/c1-14(2)11-20(23(29)30)25-22(28)19(13-16-5-4-6-18(12-16)26(31)32)24-21(27)17-9-7-15(3)8-10-17/h4-10,12-14,20H,11H2,1-3H3,(H,24,27)(H,25,28)(H,29,30)/b19-13+. The number of nitrogens with one attached hydrogen (secondary N) is 2. The molecule has 0 saturated heterocycles. The van der Waals surface area contributed by atoms with E-state index in [-0.39, 0.29) is 23.7 Å². The third-order valence-corrected chi connectivity index (χ3v) is 4.51. The Hall–Kier alpha value is -4.01. The summed E-state index contributed by atoms with van der Waals surface area (Å²) in [6.07, 6.45) is 1.46. The van der Waals surface area contributed by atoms with Crippen LogP contribution in [0.2, 0.25) is 0 Å². The lowest BCUT2D eigenvalue weighted by molar-refractivity contribution is -0.384. The van der Waals surface area contributed by atoms with Gasteiger partial charge < -0.3 is 15.7 Å². The maximum Gasteiger partial charge on any atom is 0.326 e. The smallest absolute Gasteiger partial charge is 0.326 e.